The molecule has 1 fully saturated rings. The topological polar surface area (TPSA) is 127 Å². The summed E-state index contributed by atoms with van der Waals surface area (Å²) in [6.45, 7) is 4.16. The highest BCUT2D eigenvalue weighted by molar-refractivity contribution is 6.37. The molecule has 2 N–H and O–H groups in total. The second kappa shape index (κ2) is 8.07. The third kappa shape index (κ3) is 4.36. The van der Waals surface area contributed by atoms with Gasteiger partial charge in [0.2, 0.25) is 11.7 Å². The zero-order chi connectivity index (χ0) is 19.4. The van der Waals surface area contributed by atoms with Gasteiger partial charge in [-0.3, -0.25) is 19.4 Å². The molecule has 0 bridgehead atoms. The van der Waals surface area contributed by atoms with E-state index in [1.807, 2.05) is 13.8 Å². The quantitative estimate of drug-likeness (QED) is 0.696. The highest BCUT2D eigenvalue weighted by Crippen LogP contribution is 2.22. The molecule has 1 amide bonds. The molecule has 9 heteroatoms. The number of pyridine rings is 1. The number of carbonyl (C=O) groups is 3. The first-order valence-electron chi connectivity index (χ1n) is 8.81. The SMILES string of the molecule is CC(C)C(Nc1nnc(-c2ccncc2)o1)C(=O)CC1CCNC(=O)C1=O. The Morgan fingerprint density at radius 3 is 2.74 bits per heavy atom. The number of nitrogens with one attached hydrogen (secondary N) is 2. The van der Waals surface area contributed by atoms with Crippen LogP contribution in [0.3, 0.4) is 0 Å². The largest absolute Gasteiger partial charge is 0.403 e. The maximum atomic E-state index is 12.7. The molecule has 2 aromatic heterocycles. The Labute approximate surface area is 156 Å². The predicted molar refractivity (Wildman–Crippen MR) is 95.5 cm³/mol. The molecule has 2 unspecified atom stereocenters. The number of piperidine rings is 1. The van der Waals surface area contributed by atoms with Crippen molar-refractivity contribution in [2.75, 3.05) is 11.9 Å². The summed E-state index contributed by atoms with van der Waals surface area (Å²) < 4.78 is 5.58. The van der Waals surface area contributed by atoms with E-state index < -0.39 is 23.7 Å². The highest BCUT2D eigenvalue weighted by Gasteiger charge is 2.34. The number of anilines is 1. The number of hydrogen-bond donors (Lipinski definition) is 2. The molecule has 0 spiro atoms. The Kier molecular flexibility index (Phi) is 5.58. The van der Waals surface area contributed by atoms with Crippen LogP contribution in [0.15, 0.2) is 28.9 Å². The van der Waals surface area contributed by atoms with Crippen molar-refractivity contribution in [3.05, 3.63) is 24.5 Å². The molecule has 3 rings (SSSR count). The molecule has 142 valence electrons. The molecule has 3 heterocycles. The van der Waals surface area contributed by atoms with Crippen LogP contribution in [-0.2, 0) is 14.4 Å². The van der Waals surface area contributed by atoms with Crippen LogP contribution in [-0.4, -0.2) is 45.2 Å². The fraction of sp³-hybridized carbons (Fsp3) is 0.444. The normalized spacial score (nSPS) is 18.3. The lowest BCUT2D eigenvalue weighted by molar-refractivity contribution is -0.143. The molecule has 0 radical (unpaired) electrons. The highest BCUT2D eigenvalue weighted by atomic mass is 16.4. The summed E-state index contributed by atoms with van der Waals surface area (Å²) in [6, 6.07) is 3.00. The summed E-state index contributed by atoms with van der Waals surface area (Å²) in [5.41, 5.74) is 0.719. The molecular formula is C18H21N5O4. The Hall–Kier alpha value is -3.10. The Morgan fingerprint density at radius 1 is 1.30 bits per heavy atom. The number of amides is 1. The number of carbonyl (C=O) groups excluding carboxylic acids is 3. The van der Waals surface area contributed by atoms with E-state index in [9.17, 15) is 14.4 Å². The van der Waals surface area contributed by atoms with Gasteiger partial charge in [-0.1, -0.05) is 18.9 Å². The van der Waals surface area contributed by atoms with Crippen molar-refractivity contribution in [3.8, 4) is 11.5 Å². The number of aromatic nitrogens is 3. The summed E-state index contributed by atoms with van der Waals surface area (Å²) in [5.74, 6) is -1.65. The van der Waals surface area contributed by atoms with Gasteiger partial charge in [-0.05, 0) is 24.5 Å². The number of rotatable bonds is 7. The van der Waals surface area contributed by atoms with Gasteiger partial charge in [0.25, 0.3) is 5.91 Å². The summed E-state index contributed by atoms with van der Waals surface area (Å²) in [4.78, 5) is 40.1. The van der Waals surface area contributed by atoms with E-state index >= 15 is 0 Å². The minimum Gasteiger partial charge on any atom is -0.403 e. The van der Waals surface area contributed by atoms with Crippen LogP contribution in [0.5, 0.6) is 0 Å². The fourth-order valence-corrected chi connectivity index (χ4v) is 2.97. The molecule has 0 aliphatic carbocycles. The average Bonchev–Trinajstić information content (AvgIpc) is 3.13. The van der Waals surface area contributed by atoms with Crippen molar-refractivity contribution in [1.82, 2.24) is 20.5 Å². The zero-order valence-corrected chi connectivity index (χ0v) is 15.1. The van der Waals surface area contributed by atoms with Gasteiger partial charge in [0.1, 0.15) is 0 Å². The molecule has 1 aliphatic heterocycles. The molecule has 9 nitrogen and oxygen atoms in total. The number of hydrogen-bond acceptors (Lipinski definition) is 8. The second-order valence-electron chi connectivity index (χ2n) is 6.79. The minimum absolute atomic E-state index is 0.00739. The monoisotopic (exact) mass is 371 g/mol. The van der Waals surface area contributed by atoms with E-state index in [4.69, 9.17) is 4.42 Å². The van der Waals surface area contributed by atoms with Gasteiger partial charge in [-0.15, -0.1) is 5.10 Å². The number of Topliss-reactive ketones (excluding diaryl/α,β-unsaturated/α-hetero) is 2. The van der Waals surface area contributed by atoms with Crippen LogP contribution in [0.2, 0.25) is 0 Å². The molecule has 1 aliphatic rings. The first-order chi connectivity index (χ1) is 13.0. The van der Waals surface area contributed by atoms with Gasteiger partial charge in [-0.2, -0.15) is 0 Å². The Balaban J connectivity index is 1.69. The van der Waals surface area contributed by atoms with E-state index in [2.05, 4.69) is 25.8 Å². The maximum Gasteiger partial charge on any atom is 0.316 e. The lowest BCUT2D eigenvalue weighted by atomic mass is 9.87. The summed E-state index contributed by atoms with van der Waals surface area (Å²) in [5, 5.41) is 13.4. The van der Waals surface area contributed by atoms with Crippen molar-refractivity contribution >= 4 is 23.5 Å². The molecule has 2 atom stereocenters. The van der Waals surface area contributed by atoms with Gasteiger partial charge in [0.15, 0.2) is 5.78 Å². The van der Waals surface area contributed by atoms with Crippen LogP contribution in [0.4, 0.5) is 6.01 Å². The molecule has 0 aromatic carbocycles. The lowest BCUT2D eigenvalue weighted by Gasteiger charge is -2.24. The van der Waals surface area contributed by atoms with Gasteiger partial charge >= 0.3 is 6.01 Å². The van der Waals surface area contributed by atoms with E-state index in [0.717, 1.165) is 5.56 Å². The summed E-state index contributed by atoms with van der Waals surface area (Å²) >= 11 is 0. The van der Waals surface area contributed by atoms with E-state index in [1.54, 1.807) is 24.5 Å². The van der Waals surface area contributed by atoms with Gasteiger partial charge in [-0.25, -0.2) is 0 Å². The molecule has 1 saturated heterocycles. The van der Waals surface area contributed by atoms with Crippen molar-refractivity contribution in [2.45, 2.75) is 32.7 Å². The predicted octanol–water partition coefficient (Wildman–Crippen LogP) is 1.23. The van der Waals surface area contributed by atoms with Crippen LogP contribution >= 0.6 is 0 Å². The third-order valence-corrected chi connectivity index (χ3v) is 4.47. The summed E-state index contributed by atoms with van der Waals surface area (Å²) in [7, 11) is 0. The number of nitrogens with zero attached hydrogens (tertiary/aromatic N) is 3. The van der Waals surface area contributed by atoms with Crippen LogP contribution < -0.4 is 10.6 Å². The molecule has 2 aromatic rings. The zero-order valence-electron chi connectivity index (χ0n) is 15.1. The standard InChI is InChI=1S/C18H21N5O4/c1-10(2)14(13(24)9-12-5-8-20-16(26)15(12)25)21-18-23-22-17(27-18)11-3-6-19-7-4-11/h3-4,6-7,10,12,14H,5,8-9H2,1-2H3,(H,20,26)(H,21,23). The van der Waals surface area contributed by atoms with E-state index in [-0.39, 0.29) is 24.1 Å². The maximum absolute atomic E-state index is 12.7. The second-order valence-corrected chi connectivity index (χ2v) is 6.79. The molecule has 0 saturated carbocycles. The lowest BCUT2D eigenvalue weighted by Crippen LogP contribution is -2.45. The first kappa shape index (κ1) is 18.7. The third-order valence-electron chi connectivity index (χ3n) is 4.47. The van der Waals surface area contributed by atoms with Crippen LogP contribution in [0.25, 0.3) is 11.5 Å². The van der Waals surface area contributed by atoms with E-state index in [0.29, 0.717) is 18.9 Å². The van der Waals surface area contributed by atoms with Gasteiger partial charge < -0.3 is 15.1 Å². The Morgan fingerprint density at radius 2 is 2.04 bits per heavy atom. The van der Waals surface area contributed by atoms with Gasteiger partial charge in [0, 0.05) is 36.8 Å². The average molecular weight is 371 g/mol. The van der Waals surface area contributed by atoms with Crippen LogP contribution in [0.1, 0.15) is 26.7 Å². The fourth-order valence-electron chi connectivity index (χ4n) is 2.97. The molecular weight excluding hydrogens is 350 g/mol. The van der Waals surface area contributed by atoms with Gasteiger partial charge in [0.05, 0.1) is 6.04 Å². The first-order valence-corrected chi connectivity index (χ1v) is 8.81. The molecule has 27 heavy (non-hydrogen) atoms. The minimum atomic E-state index is -0.619. The van der Waals surface area contributed by atoms with Crippen molar-refractivity contribution < 1.29 is 18.8 Å². The van der Waals surface area contributed by atoms with Crippen molar-refractivity contribution in [3.63, 3.8) is 0 Å². The number of ketones is 2. The van der Waals surface area contributed by atoms with Crippen molar-refractivity contribution in [1.29, 1.82) is 0 Å². The summed E-state index contributed by atoms with van der Waals surface area (Å²) in [6.07, 6.45) is 3.70. The smallest absolute Gasteiger partial charge is 0.316 e. The van der Waals surface area contributed by atoms with E-state index in [1.165, 1.54) is 0 Å². The van der Waals surface area contributed by atoms with Crippen LogP contribution in [0, 0.1) is 11.8 Å². The van der Waals surface area contributed by atoms with Crippen molar-refractivity contribution in [2.24, 2.45) is 11.8 Å². The Bertz CT molecular complexity index is 833.